The number of carbonyl (C=O) groups is 2. The fourth-order valence-electron chi connectivity index (χ4n) is 1.54. The Labute approximate surface area is 122 Å². The lowest BCUT2D eigenvalue weighted by atomic mass is 10.2. The number of phenols is 1. The lowest BCUT2D eigenvalue weighted by molar-refractivity contribution is 0.0697. The highest BCUT2D eigenvalue weighted by Crippen LogP contribution is 2.23. The molecule has 1 heterocycles. The zero-order valence-corrected chi connectivity index (χ0v) is 11.6. The molecular weight excluding hydrogens is 328 g/mol. The van der Waals surface area contributed by atoms with E-state index in [0.29, 0.717) is 4.47 Å². The van der Waals surface area contributed by atoms with E-state index in [1.165, 1.54) is 30.5 Å². The van der Waals surface area contributed by atoms with E-state index in [4.69, 9.17) is 5.11 Å². The van der Waals surface area contributed by atoms with Crippen molar-refractivity contribution >= 4 is 33.6 Å². The van der Waals surface area contributed by atoms with Crippen molar-refractivity contribution in [1.82, 2.24) is 4.98 Å². The van der Waals surface area contributed by atoms with Crippen molar-refractivity contribution in [2.75, 3.05) is 5.32 Å². The van der Waals surface area contributed by atoms with Crippen LogP contribution in [0.25, 0.3) is 0 Å². The molecule has 7 heteroatoms. The van der Waals surface area contributed by atoms with Crippen LogP contribution < -0.4 is 5.32 Å². The van der Waals surface area contributed by atoms with Crippen molar-refractivity contribution in [3.63, 3.8) is 0 Å². The number of hydrogen-bond donors (Lipinski definition) is 3. The van der Waals surface area contributed by atoms with Crippen molar-refractivity contribution in [2.45, 2.75) is 0 Å². The van der Waals surface area contributed by atoms with E-state index in [0.717, 1.165) is 0 Å². The topological polar surface area (TPSA) is 99.5 Å². The van der Waals surface area contributed by atoms with Crippen molar-refractivity contribution in [1.29, 1.82) is 0 Å². The third-order valence-corrected chi connectivity index (χ3v) is 2.97. The molecule has 0 radical (unpaired) electrons. The van der Waals surface area contributed by atoms with Gasteiger partial charge in [-0.3, -0.25) is 4.79 Å². The molecule has 0 saturated heterocycles. The Morgan fingerprint density at radius 2 is 1.95 bits per heavy atom. The molecule has 102 valence electrons. The standard InChI is InChI=1S/C13H9BrN2O4/c14-7-3-4-10(17)9(6-7)12(18)16-11-8(13(19)20)2-1-5-15-11/h1-6,17H,(H,19,20)(H,15,16,18). The maximum absolute atomic E-state index is 12.0. The Hall–Kier alpha value is -2.41. The van der Waals surface area contributed by atoms with E-state index < -0.39 is 11.9 Å². The molecule has 0 saturated carbocycles. The van der Waals surface area contributed by atoms with Gasteiger partial charge in [0.05, 0.1) is 5.56 Å². The zero-order chi connectivity index (χ0) is 14.7. The number of pyridine rings is 1. The minimum Gasteiger partial charge on any atom is -0.507 e. The minimum absolute atomic E-state index is 0.0152. The number of benzene rings is 1. The van der Waals surface area contributed by atoms with Gasteiger partial charge in [-0.25, -0.2) is 9.78 Å². The second-order valence-corrected chi connectivity index (χ2v) is 4.74. The molecule has 6 nitrogen and oxygen atoms in total. The van der Waals surface area contributed by atoms with Gasteiger partial charge in [0.1, 0.15) is 17.1 Å². The van der Waals surface area contributed by atoms with Gasteiger partial charge in [-0.05, 0) is 30.3 Å². The number of aromatic carboxylic acids is 1. The van der Waals surface area contributed by atoms with Crippen LogP contribution in [0, 0.1) is 0 Å². The SMILES string of the molecule is O=C(Nc1ncccc1C(=O)O)c1cc(Br)ccc1O. The molecule has 0 aliphatic carbocycles. The summed E-state index contributed by atoms with van der Waals surface area (Å²) in [7, 11) is 0. The van der Waals surface area contributed by atoms with E-state index >= 15 is 0 Å². The molecule has 2 rings (SSSR count). The summed E-state index contributed by atoms with van der Waals surface area (Å²) in [6, 6.07) is 7.14. The van der Waals surface area contributed by atoms with Gasteiger partial charge in [-0.2, -0.15) is 0 Å². The number of halogens is 1. The average molecular weight is 337 g/mol. The van der Waals surface area contributed by atoms with Gasteiger partial charge in [-0.15, -0.1) is 0 Å². The Morgan fingerprint density at radius 3 is 2.65 bits per heavy atom. The normalized spacial score (nSPS) is 10.1. The zero-order valence-electron chi connectivity index (χ0n) is 10.0. The molecular formula is C13H9BrN2O4. The smallest absolute Gasteiger partial charge is 0.339 e. The summed E-state index contributed by atoms with van der Waals surface area (Å²) in [5.74, 6) is -2.14. The fraction of sp³-hybridized carbons (Fsp3) is 0. The maximum Gasteiger partial charge on any atom is 0.339 e. The van der Waals surface area contributed by atoms with Crippen molar-refractivity contribution in [2.24, 2.45) is 0 Å². The lowest BCUT2D eigenvalue weighted by Crippen LogP contribution is -2.16. The van der Waals surface area contributed by atoms with Crippen LogP contribution in [0.15, 0.2) is 41.0 Å². The summed E-state index contributed by atoms with van der Waals surface area (Å²) >= 11 is 3.19. The highest BCUT2D eigenvalue weighted by Gasteiger charge is 2.16. The first-order chi connectivity index (χ1) is 9.49. The van der Waals surface area contributed by atoms with Crippen LogP contribution in [0.5, 0.6) is 5.75 Å². The Bertz CT molecular complexity index is 688. The average Bonchev–Trinajstić information content (AvgIpc) is 2.41. The van der Waals surface area contributed by atoms with Gasteiger partial charge in [0.25, 0.3) is 5.91 Å². The quantitative estimate of drug-likeness (QED) is 0.799. The van der Waals surface area contributed by atoms with E-state index in [1.807, 2.05) is 0 Å². The lowest BCUT2D eigenvalue weighted by Gasteiger charge is -2.08. The van der Waals surface area contributed by atoms with Gasteiger partial charge in [0.15, 0.2) is 0 Å². The summed E-state index contributed by atoms with van der Waals surface area (Å²) in [4.78, 5) is 26.9. The largest absolute Gasteiger partial charge is 0.507 e. The van der Waals surface area contributed by atoms with Crippen LogP contribution in [0.1, 0.15) is 20.7 Å². The molecule has 0 unspecified atom stereocenters. The third-order valence-electron chi connectivity index (χ3n) is 2.47. The number of hydrogen-bond acceptors (Lipinski definition) is 4. The Balaban J connectivity index is 2.33. The number of rotatable bonds is 3. The van der Waals surface area contributed by atoms with Crippen LogP contribution >= 0.6 is 15.9 Å². The van der Waals surface area contributed by atoms with Crippen LogP contribution in [0.2, 0.25) is 0 Å². The number of phenolic OH excluding ortho intramolecular Hbond substituents is 1. The molecule has 0 atom stereocenters. The van der Waals surface area contributed by atoms with Gasteiger partial charge in [0, 0.05) is 10.7 Å². The van der Waals surface area contributed by atoms with Crippen LogP contribution in [-0.2, 0) is 0 Å². The molecule has 20 heavy (non-hydrogen) atoms. The second kappa shape index (κ2) is 5.70. The number of carboxylic acid groups (broad SMARTS) is 1. The summed E-state index contributed by atoms with van der Waals surface area (Å²) in [5.41, 5.74) is -0.114. The molecule has 1 amide bonds. The van der Waals surface area contributed by atoms with Crippen LogP contribution in [-0.4, -0.2) is 27.1 Å². The number of aromatic nitrogens is 1. The molecule has 0 aliphatic heterocycles. The number of nitrogens with zero attached hydrogens (tertiary/aromatic N) is 1. The van der Waals surface area contributed by atoms with E-state index in [-0.39, 0.29) is 22.7 Å². The number of nitrogens with one attached hydrogen (secondary N) is 1. The third kappa shape index (κ3) is 2.94. The number of amides is 1. The summed E-state index contributed by atoms with van der Waals surface area (Å²) < 4.78 is 0.611. The second-order valence-electron chi connectivity index (χ2n) is 3.82. The fourth-order valence-corrected chi connectivity index (χ4v) is 1.90. The van der Waals surface area contributed by atoms with Gasteiger partial charge >= 0.3 is 5.97 Å². The highest BCUT2D eigenvalue weighted by molar-refractivity contribution is 9.10. The van der Waals surface area contributed by atoms with Crippen molar-refractivity contribution in [3.8, 4) is 5.75 Å². The van der Waals surface area contributed by atoms with Crippen LogP contribution in [0.4, 0.5) is 5.82 Å². The first-order valence-electron chi connectivity index (χ1n) is 5.47. The molecule has 0 fully saturated rings. The predicted octanol–water partition coefficient (Wildman–Crippen LogP) is 2.50. The molecule has 2 aromatic rings. The van der Waals surface area contributed by atoms with E-state index in [2.05, 4.69) is 26.2 Å². The van der Waals surface area contributed by atoms with Gasteiger partial charge in [-0.1, -0.05) is 15.9 Å². The number of aromatic hydroxyl groups is 1. The van der Waals surface area contributed by atoms with Gasteiger partial charge in [0.2, 0.25) is 0 Å². The van der Waals surface area contributed by atoms with Crippen LogP contribution in [0.3, 0.4) is 0 Å². The first-order valence-corrected chi connectivity index (χ1v) is 6.26. The Kier molecular flexibility index (Phi) is 3.99. The van der Waals surface area contributed by atoms with Crippen molar-refractivity contribution < 1.29 is 19.8 Å². The predicted molar refractivity (Wildman–Crippen MR) is 75.0 cm³/mol. The molecule has 1 aromatic carbocycles. The molecule has 1 aromatic heterocycles. The summed E-state index contributed by atoms with van der Waals surface area (Å²) in [5, 5.41) is 21.0. The number of anilines is 1. The van der Waals surface area contributed by atoms with Crippen molar-refractivity contribution in [3.05, 3.63) is 52.1 Å². The highest BCUT2D eigenvalue weighted by atomic mass is 79.9. The maximum atomic E-state index is 12.0. The van der Waals surface area contributed by atoms with E-state index in [9.17, 15) is 14.7 Å². The number of carboxylic acids is 1. The molecule has 3 N–H and O–H groups in total. The van der Waals surface area contributed by atoms with E-state index in [1.54, 1.807) is 6.07 Å². The summed E-state index contributed by atoms with van der Waals surface area (Å²) in [6.45, 7) is 0. The molecule has 0 bridgehead atoms. The summed E-state index contributed by atoms with van der Waals surface area (Å²) in [6.07, 6.45) is 1.36. The Morgan fingerprint density at radius 1 is 1.20 bits per heavy atom. The molecule has 0 aliphatic rings. The molecule has 0 spiro atoms. The minimum atomic E-state index is -1.20. The first kappa shape index (κ1) is 14.0. The number of carbonyl (C=O) groups excluding carboxylic acids is 1. The monoisotopic (exact) mass is 336 g/mol. The van der Waals surface area contributed by atoms with Gasteiger partial charge < -0.3 is 15.5 Å².